The minimum Gasteiger partial charge on any atom is -0.316 e. The van der Waals surface area contributed by atoms with Crippen molar-refractivity contribution in [2.75, 3.05) is 30.9 Å². The van der Waals surface area contributed by atoms with Gasteiger partial charge in [0.1, 0.15) is 9.84 Å². The van der Waals surface area contributed by atoms with Gasteiger partial charge in [0.15, 0.2) is 0 Å². The van der Waals surface area contributed by atoms with Crippen LogP contribution in [0.4, 0.5) is 0 Å². The third-order valence-corrected chi connectivity index (χ3v) is 5.71. The van der Waals surface area contributed by atoms with E-state index in [-0.39, 0.29) is 17.5 Å². The van der Waals surface area contributed by atoms with Crippen molar-refractivity contribution in [3.63, 3.8) is 0 Å². The predicted molar refractivity (Wildman–Crippen MR) is 60.3 cm³/mol. The molecule has 1 aliphatic carbocycles. The summed E-state index contributed by atoms with van der Waals surface area (Å²) in [5.74, 6) is 0.138. The average molecular weight is 268 g/mol. The van der Waals surface area contributed by atoms with Crippen molar-refractivity contribution in [2.45, 2.75) is 6.04 Å². The maximum Gasteiger partial charge on any atom is 0.212 e. The number of rotatable bonds is 5. The van der Waals surface area contributed by atoms with Crippen LogP contribution in [0.3, 0.4) is 0 Å². The first-order valence-corrected chi connectivity index (χ1v) is 8.88. The van der Waals surface area contributed by atoms with Crippen LogP contribution in [0, 0.1) is 11.8 Å². The number of hydrogen-bond donors (Lipinski definition) is 2. The van der Waals surface area contributed by atoms with Crippen LogP contribution in [-0.4, -0.2) is 53.7 Å². The van der Waals surface area contributed by atoms with Crippen LogP contribution in [0.25, 0.3) is 0 Å². The highest BCUT2D eigenvalue weighted by Gasteiger charge is 2.54. The van der Waals surface area contributed by atoms with Crippen LogP contribution >= 0.6 is 0 Å². The fourth-order valence-corrected chi connectivity index (χ4v) is 5.09. The summed E-state index contributed by atoms with van der Waals surface area (Å²) in [7, 11) is -6.67. The third-order valence-electron chi connectivity index (χ3n) is 3.13. The Balaban J connectivity index is 1.85. The molecule has 0 bridgehead atoms. The molecule has 0 aromatic carbocycles. The minimum atomic E-state index is -3.45. The Morgan fingerprint density at radius 2 is 1.69 bits per heavy atom. The largest absolute Gasteiger partial charge is 0.316 e. The summed E-state index contributed by atoms with van der Waals surface area (Å²) in [4.78, 5) is 0. The smallest absolute Gasteiger partial charge is 0.212 e. The lowest BCUT2D eigenvalue weighted by atomic mass is 10.4. The van der Waals surface area contributed by atoms with Gasteiger partial charge in [-0.1, -0.05) is 0 Å². The summed E-state index contributed by atoms with van der Waals surface area (Å²) in [6, 6.07) is 0.0193. The topological polar surface area (TPSA) is 92.3 Å². The maximum atomic E-state index is 11.6. The van der Waals surface area contributed by atoms with Crippen LogP contribution in [0.1, 0.15) is 0 Å². The standard InChI is InChI=1S/C8H16N2O4S2/c1-15(11,12)2-3-16(13,14)10-8-6-4-9-5-7(6)8/h6-10H,2-5H2,1H3. The summed E-state index contributed by atoms with van der Waals surface area (Å²) < 4.78 is 47.4. The second-order valence-electron chi connectivity index (χ2n) is 4.58. The zero-order valence-electron chi connectivity index (χ0n) is 9.01. The Labute approximate surface area is 95.8 Å². The molecule has 2 fully saturated rings. The van der Waals surface area contributed by atoms with Gasteiger partial charge in [-0.2, -0.15) is 0 Å². The molecule has 0 aromatic heterocycles. The molecule has 0 amide bonds. The van der Waals surface area contributed by atoms with Crippen molar-refractivity contribution in [3.05, 3.63) is 0 Å². The fourth-order valence-electron chi connectivity index (χ4n) is 2.12. The first-order valence-electron chi connectivity index (χ1n) is 5.17. The molecule has 2 atom stereocenters. The lowest BCUT2D eigenvalue weighted by Crippen LogP contribution is -2.35. The molecule has 16 heavy (non-hydrogen) atoms. The summed E-state index contributed by atoms with van der Waals surface area (Å²) >= 11 is 0. The number of sulfonamides is 1. The van der Waals surface area contributed by atoms with Crippen LogP contribution in [-0.2, 0) is 19.9 Å². The van der Waals surface area contributed by atoms with Crippen LogP contribution in [0.5, 0.6) is 0 Å². The Morgan fingerprint density at radius 1 is 1.12 bits per heavy atom. The molecular weight excluding hydrogens is 252 g/mol. The Hall–Kier alpha value is -0.180. The quantitative estimate of drug-likeness (QED) is 0.612. The van der Waals surface area contributed by atoms with Gasteiger partial charge in [-0.15, -0.1) is 0 Å². The van der Waals surface area contributed by atoms with Gasteiger partial charge in [0.05, 0.1) is 11.5 Å². The number of fused-ring (bicyclic) bond motifs is 1. The number of hydrogen-bond acceptors (Lipinski definition) is 5. The average Bonchev–Trinajstić information content (AvgIpc) is 2.62. The van der Waals surface area contributed by atoms with E-state index in [0.717, 1.165) is 19.3 Å². The molecule has 2 rings (SSSR count). The molecule has 6 nitrogen and oxygen atoms in total. The Bertz CT molecular complexity index is 460. The van der Waals surface area contributed by atoms with Crippen molar-refractivity contribution < 1.29 is 16.8 Å². The fraction of sp³-hybridized carbons (Fsp3) is 1.00. The van der Waals surface area contributed by atoms with E-state index >= 15 is 0 Å². The molecule has 1 heterocycles. The molecule has 94 valence electrons. The van der Waals surface area contributed by atoms with E-state index < -0.39 is 19.9 Å². The Kier molecular flexibility index (Phi) is 3.02. The van der Waals surface area contributed by atoms with Gasteiger partial charge in [0, 0.05) is 12.3 Å². The SMILES string of the molecule is CS(=O)(=O)CCS(=O)(=O)NC1C2CNCC21. The maximum absolute atomic E-state index is 11.6. The van der Waals surface area contributed by atoms with Crippen molar-refractivity contribution in [1.82, 2.24) is 10.0 Å². The van der Waals surface area contributed by atoms with Crippen molar-refractivity contribution in [3.8, 4) is 0 Å². The predicted octanol–water partition coefficient (Wildman–Crippen LogP) is -1.83. The van der Waals surface area contributed by atoms with Gasteiger partial charge >= 0.3 is 0 Å². The lowest BCUT2D eigenvalue weighted by Gasteiger charge is -2.08. The molecule has 0 spiro atoms. The number of piperidine rings is 1. The highest BCUT2D eigenvalue weighted by molar-refractivity contribution is 7.93. The summed E-state index contributed by atoms with van der Waals surface area (Å²) in [5.41, 5.74) is 0. The lowest BCUT2D eigenvalue weighted by molar-refractivity contribution is 0.564. The summed E-state index contributed by atoms with van der Waals surface area (Å²) in [6.07, 6.45) is 1.04. The van der Waals surface area contributed by atoms with Gasteiger partial charge in [-0.25, -0.2) is 21.6 Å². The second-order valence-corrected chi connectivity index (χ2v) is 8.71. The van der Waals surface area contributed by atoms with E-state index in [9.17, 15) is 16.8 Å². The molecular formula is C8H16N2O4S2. The highest BCUT2D eigenvalue weighted by atomic mass is 32.2. The van der Waals surface area contributed by atoms with Gasteiger partial charge in [-0.05, 0) is 24.9 Å². The van der Waals surface area contributed by atoms with E-state index in [2.05, 4.69) is 10.0 Å². The van der Waals surface area contributed by atoms with E-state index in [1.54, 1.807) is 0 Å². The third kappa shape index (κ3) is 2.93. The van der Waals surface area contributed by atoms with Crippen LogP contribution in [0.15, 0.2) is 0 Å². The molecule has 0 aromatic rings. The van der Waals surface area contributed by atoms with Gasteiger partial charge in [0.2, 0.25) is 10.0 Å². The minimum absolute atomic E-state index is 0.0193. The van der Waals surface area contributed by atoms with Crippen molar-refractivity contribution in [1.29, 1.82) is 0 Å². The number of nitrogens with one attached hydrogen (secondary N) is 2. The van der Waals surface area contributed by atoms with E-state index in [1.165, 1.54) is 0 Å². The van der Waals surface area contributed by atoms with E-state index in [0.29, 0.717) is 11.8 Å². The highest BCUT2D eigenvalue weighted by Crippen LogP contribution is 2.41. The van der Waals surface area contributed by atoms with Gasteiger partial charge in [0.25, 0.3) is 0 Å². The monoisotopic (exact) mass is 268 g/mol. The molecule has 2 unspecified atom stereocenters. The van der Waals surface area contributed by atoms with Crippen molar-refractivity contribution in [2.24, 2.45) is 11.8 Å². The molecule has 1 saturated carbocycles. The molecule has 8 heteroatoms. The summed E-state index contributed by atoms with van der Waals surface area (Å²) in [6.45, 7) is 1.70. The zero-order chi connectivity index (χ0) is 12.0. The van der Waals surface area contributed by atoms with Gasteiger partial charge < -0.3 is 5.32 Å². The van der Waals surface area contributed by atoms with Crippen LogP contribution in [0.2, 0.25) is 0 Å². The summed E-state index contributed by atoms with van der Waals surface area (Å²) in [5, 5.41) is 3.16. The first kappa shape index (κ1) is 12.3. The van der Waals surface area contributed by atoms with E-state index in [1.807, 2.05) is 0 Å². The molecule has 1 aliphatic heterocycles. The van der Waals surface area contributed by atoms with Crippen LogP contribution < -0.4 is 10.0 Å². The molecule has 2 N–H and O–H groups in total. The molecule has 0 radical (unpaired) electrons. The zero-order valence-corrected chi connectivity index (χ0v) is 10.6. The van der Waals surface area contributed by atoms with E-state index in [4.69, 9.17) is 0 Å². The normalized spacial score (nSPS) is 33.7. The molecule has 2 aliphatic rings. The first-order chi connectivity index (χ1) is 7.29. The Morgan fingerprint density at radius 3 is 2.19 bits per heavy atom. The number of sulfone groups is 1. The molecule has 1 saturated heterocycles. The van der Waals surface area contributed by atoms with Crippen molar-refractivity contribution >= 4 is 19.9 Å². The van der Waals surface area contributed by atoms with Gasteiger partial charge in [-0.3, -0.25) is 0 Å². The second kappa shape index (κ2) is 3.94.